The number of hydrogen-bond donors (Lipinski definition) is 1. The van der Waals surface area contributed by atoms with Gasteiger partial charge in [0.15, 0.2) is 0 Å². The van der Waals surface area contributed by atoms with Crippen molar-refractivity contribution in [2.45, 2.75) is 32.4 Å². The summed E-state index contributed by atoms with van der Waals surface area (Å²) in [5.41, 5.74) is 7.99. The van der Waals surface area contributed by atoms with Crippen molar-refractivity contribution in [2.75, 3.05) is 32.1 Å². The van der Waals surface area contributed by atoms with Gasteiger partial charge in [0.05, 0.1) is 0 Å². The van der Waals surface area contributed by atoms with Crippen molar-refractivity contribution in [3.63, 3.8) is 0 Å². The van der Waals surface area contributed by atoms with Crippen molar-refractivity contribution in [3.05, 3.63) is 23.4 Å². The van der Waals surface area contributed by atoms with E-state index >= 15 is 0 Å². The minimum Gasteiger partial charge on any atom is -0.356 e. The third kappa shape index (κ3) is 2.82. The monoisotopic (exact) mass is 248 g/mol. The number of pyridine rings is 1. The molecule has 100 valence electrons. The molecule has 0 spiro atoms. The number of nitrogens with two attached hydrogens (primary N) is 1. The molecule has 0 saturated carbocycles. The number of aryl methyl sites for hydroxylation is 1. The number of aromatic nitrogens is 1. The second-order valence-corrected chi connectivity index (χ2v) is 5.37. The summed E-state index contributed by atoms with van der Waals surface area (Å²) in [6, 6.07) is 2.87. The van der Waals surface area contributed by atoms with Gasteiger partial charge in [0.2, 0.25) is 0 Å². The molecule has 2 heterocycles. The molecule has 1 aromatic rings. The largest absolute Gasteiger partial charge is 0.356 e. The van der Waals surface area contributed by atoms with Crippen LogP contribution in [-0.2, 0) is 6.54 Å². The van der Waals surface area contributed by atoms with E-state index in [0.29, 0.717) is 12.6 Å². The van der Waals surface area contributed by atoms with E-state index < -0.39 is 0 Å². The molecule has 1 fully saturated rings. The lowest BCUT2D eigenvalue weighted by Gasteiger charge is -2.36. The predicted molar refractivity (Wildman–Crippen MR) is 75.8 cm³/mol. The van der Waals surface area contributed by atoms with Crippen LogP contribution in [0.3, 0.4) is 0 Å². The highest BCUT2D eigenvalue weighted by atomic mass is 15.2. The first-order valence-electron chi connectivity index (χ1n) is 6.68. The molecule has 2 rings (SSSR count). The molecule has 1 aliphatic heterocycles. The summed E-state index contributed by atoms with van der Waals surface area (Å²) in [4.78, 5) is 9.30. The summed E-state index contributed by atoms with van der Waals surface area (Å²) in [7, 11) is 4.33. The van der Waals surface area contributed by atoms with Crippen LogP contribution in [0, 0.1) is 6.92 Å². The zero-order valence-corrected chi connectivity index (χ0v) is 11.7. The molecule has 2 N–H and O–H groups in total. The summed E-state index contributed by atoms with van der Waals surface area (Å²) in [5.74, 6) is 1.13. The normalized spacial score (nSPS) is 17.5. The summed E-state index contributed by atoms with van der Waals surface area (Å²) in [5, 5.41) is 0. The van der Waals surface area contributed by atoms with E-state index in [-0.39, 0.29) is 0 Å². The lowest BCUT2D eigenvalue weighted by molar-refractivity contribution is 0.249. The smallest absolute Gasteiger partial charge is 0.131 e. The Balaban J connectivity index is 2.05. The molecule has 0 atom stereocenters. The Bertz CT molecular complexity index is 395. The van der Waals surface area contributed by atoms with E-state index in [1.165, 1.54) is 18.4 Å². The highest BCUT2D eigenvalue weighted by Gasteiger charge is 2.22. The maximum absolute atomic E-state index is 5.64. The quantitative estimate of drug-likeness (QED) is 0.878. The molecule has 1 aromatic heterocycles. The molecule has 0 radical (unpaired) electrons. The minimum absolute atomic E-state index is 0.566. The van der Waals surface area contributed by atoms with Gasteiger partial charge in [-0.1, -0.05) is 0 Å². The minimum atomic E-state index is 0.566. The Hall–Kier alpha value is -1.13. The molecule has 0 aliphatic carbocycles. The first-order valence-corrected chi connectivity index (χ1v) is 6.68. The van der Waals surface area contributed by atoms with Gasteiger partial charge in [0.1, 0.15) is 5.82 Å². The second kappa shape index (κ2) is 5.67. The van der Waals surface area contributed by atoms with E-state index in [1.54, 1.807) is 0 Å². The van der Waals surface area contributed by atoms with Crippen LogP contribution in [0.5, 0.6) is 0 Å². The van der Waals surface area contributed by atoms with Crippen LogP contribution in [-0.4, -0.2) is 43.1 Å². The molecular weight excluding hydrogens is 224 g/mol. The Morgan fingerprint density at radius 3 is 2.56 bits per heavy atom. The van der Waals surface area contributed by atoms with Gasteiger partial charge in [-0.3, -0.25) is 0 Å². The molecule has 0 unspecified atom stereocenters. The molecule has 18 heavy (non-hydrogen) atoms. The highest BCUT2D eigenvalue weighted by molar-refractivity contribution is 5.47. The molecule has 4 nitrogen and oxygen atoms in total. The van der Waals surface area contributed by atoms with Crippen LogP contribution < -0.4 is 10.6 Å². The summed E-state index contributed by atoms with van der Waals surface area (Å²) >= 11 is 0. The standard InChI is InChI=1S/C14H24N4/c1-11-8-12(9-15)10-16-14(11)18-6-4-13(5-7-18)17(2)3/h8,10,13H,4-7,9,15H2,1-3H3. The molecular formula is C14H24N4. The van der Waals surface area contributed by atoms with Crippen LogP contribution in [0.4, 0.5) is 5.82 Å². The summed E-state index contributed by atoms with van der Waals surface area (Å²) in [6.45, 7) is 4.88. The van der Waals surface area contributed by atoms with Gasteiger partial charge in [-0.25, -0.2) is 4.98 Å². The molecule has 0 bridgehead atoms. The first-order chi connectivity index (χ1) is 8.61. The maximum atomic E-state index is 5.64. The molecule has 0 amide bonds. The van der Waals surface area contributed by atoms with Gasteiger partial charge < -0.3 is 15.5 Å². The van der Waals surface area contributed by atoms with Gasteiger partial charge in [0.25, 0.3) is 0 Å². The maximum Gasteiger partial charge on any atom is 0.131 e. The van der Waals surface area contributed by atoms with E-state index in [4.69, 9.17) is 5.73 Å². The third-order valence-electron chi connectivity index (χ3n) is 3.84. The summed E-state index contributed by atoms with van der Waals surface area (Å²) in [6.07, 6.45) is 4.33. The van der Waals surface area contributed by atoms with Crippen LogP contribution in [0.15, 0.2) is 12.3 Å². The number of nitrogens with zero attached hydrogens (tertiary/aromatic N) is 3. The number of piperidine rings is 1. The first kappa shape index (κ1) is 13.3. The van der Waals surface area contributed by atoms with E-state index in [2.05, 4.69) is 41.9 Å². The van der Waals surface area contributed by atoms with E-state index in [1.807, 2.05) is 6.20 Å². The van der Waals surface area contributed by atoms with Gasteiger partial charge in [-0.15, -0.1) is 0 Å². The van der Waals surface area contributed by atoms with Crippen molar-refractivity contribution in [1.29, 1.82) is 0 Å². The van der Waals surface area contributed by atoms with Crippen LogP contribution in [0.25, 0.3) is 0 Å². The lowest BCUT2D eigenvalue weighted by atomic mass is 10.0. The highest BCUT2D eigenvalue weighted by Crippen LogP contribution is 2.23. The number of anilines is 1. The Morgan fingerprint density at radius 2 is 2.06 bits per heavy atom. The van der Waals surface area contributed by atoms with Gasteiger partial charge in [-0.05, 0) is 51.1 Å². The third-order valence-corrected chi connectivity index (χ3v) is 3.84. The molecule has 4 heteroatoms. The topological polar surface area (TPSA) is 45.4 Å². The zero-order chi connectivity index (χ0) is 13.1. The van der Waals surface area contributed by atoms with Crippen molar-refractivity contribution in [3.8, 4) is 0 Å². The Kier molecular flexibility index (Phi) is 4.19. The molecule has 0 aromatic carbocycles. The average molecular weight is 248 g/mol. The van der Waals surface area contributed by atoms with Crippen molar-refractivity contribution >= 4 is 5.82 Å². The van der Waals surface area contributed by atoms with Crippen LogP contribution in [0.1, 0.15) is 24.0 Å². The average Bonchev–Trinajstić information content (AvgIpc) is 2.38. The van der Waals surface area contributed by atoms with Gasteiger partial charge >= 0.3 is 0 Å². The zero-order valence-electron chi connectivity index (χ0n) is 11.7. The number of rotatable bonds is 3. The second-order valence-electron chi connectivity index (χ2n) is 5.37. The number of hydrogen-bond acceptors (Lipinski definition) is 4. The predicted octanol–water partition coefficient (Wildman–Crippen LogP) is 1.38. The molecule has 1 aliphatic rings. The van der Waals surface area contributed by atoms with Crippen molar-refractivity contribution in [1.82, 2.24) is 9.88 Å². The van der Waals surface area contributed by atoms with E-state index in [9.17, 15) is 0 Å². The lowest BCUT2D eigenvalue weighted by Crippen LogP contribution is -2.42. The SMILES string of the molecule is Cc1cc(CN)cnc1N1CCC(N(C)C)CC1. The van der Waals surface area contributed by atoms with Gasteiger partial charge in [0, 0.05) is 31.9 Å². The van der Waals surface area contributed by atoms with Crippen LogP contribution >= 0.6 is 0 Å². The fourth-order valence-electron chi connectivity index (χ4n) is 2.66. The van der Waals surface area contributed by atoms with Gasteiger partial charge in [-0.2, -0.15) is 0 Å². The Labute approximate surface area is 110 Å². The van der Waals surface area contributed by atoms with Crippen molar-refractivity contribution < 1.29 is 0 Å². The van der Waals surface area contributed by atoms with E-state index in [0.717, 1.165) is 24.5 Å². The van der Waals surface area contributed by atoms with Crippen LogP contribution in [0.2, 0.25) is 0 Å². The fraction of sp³-hybridized carbons (Fsp3) is 0.643. The Morgan fingerprint density at radius 1 is 1.39 bits per heavy atom. The summed E-state index contributed by atoms with van der Waals surface area (Å²) < 4.78 is 0. The fourth-order valence-corrected chi connectivity index (χ4v) is 2.66. The molecule has 1 saturated heterocycles. The van der Waals surface area contributed by atoms with Crippen molar-refractivity contribution in [2.24, 2.45) is 5.73 Å².